The van der Waals surface area contributed by atoms with E-state index < -0.39 is 11.2 Å². The molecule has 6 aromatic carbocycles. The number of fused-ring (bicyclic) bond motifs is 1. The van der Waals surface area contributed by atoms with Gasteiger partial charge >= 0.3 is 0 Å². The second kappa shape index (κ2) is 11.6. The Bertz CT molecular complexity index is 1660. The molecule has 0 aromatic heterocycles. The van der Waals surface area contributed by atoms with E-state index in [0.717, 1.165) is 55.5 Å². The van der Waals surface area contributed by atoms with E-state index in [1.807, 2.05) is 162 Å². The summed E-state index contributed by atoms with van der Waals surface area (Å²) < 4.78 is 0. The van der Waals surface area contributed by atoms with Crippen LogP contribution in [-0.2, 0) is 11.2 Å². The van der Waals surface area contributed by atoms with Crippen LogP contribution >= 0.6 is 0 Å². The molecular formula is C40H38N2O2. The average molecular weight is 579 g/mol. The first-order valence-electron chi connectivity index (χ1n) is 14.9. The van der Waals surface area contributed by atoms with Crippen molar-refractivity contribution >= 4 is 22.1 Å². The Hall–Kier alpha value is -4.90. The molecule has 0 unspecified atom stereocenters. The van der Waals surface area contributed by atoms with E-state index >= 15 is 0 Å². The predicted octanol–water partition coefficient (Wildman–Crippen LogP) is 7.54. The topological polar surface area (TPSA) is 46.9 Å². The molecule has 6 rings (SSSR count). The highest BCUT2D eigenvalue weighted by molar-refractivity contribution is 6.07. The van der Waals surface area contributed by atoms with Crippen LogP contribution in [-0.4, -0.2) is 38.4 Å². The van der Waals surface area contributed by atoms with Crippen LogP contribution in [0.1, 0.15) is 33.4 Å². The monoisotopic (exact) mass is 578 g/mol. The molecule has 0 saturated heterocycles. The summed E-state index contributed by atoms with van der Waals surface area (Å²) in [5, 5.41) is 27.8. The van der Waals surface area contributed by atoms with E-state index in [-0.39, 0.29) is 0 Å². The molecule has 0 atom stereocenters. The Morgan fingerprint density at radius 3 is 0.909 bits per heavy atom. The van der Waals surface area contributed by atoms with E-state index in [1.165, 1.54) is 0 Å². The van der Waals surface area contributed by atoms with Gasteiger partial charge in [-0.05, 0) is 27.6 Å². The predicted molar refractivity (Wildman–Crippen MR) is 183 cm³/mol. The van der Waals surface area contributed by atoms with Gasteiger partial charge in [-0.3, -0.25) is 0 Å². The highest BCUT2D eigenvalue weighted by Crippen LogP contribution is 2.50. The molecule has 6 aromatic rings. The van der Waals surface area contributed by atoms with E-state index in [4.69, 9.17) is 0 Å². The van der Waals surface area contributed by atoms with Crippen LogP contribution in [0.2, 0.25) is 0 Å². The summed E-state index contributed by atoms with van der Waals surface area (Å²) in [5.74, 6) is 0. The van der Waals surface area contributed by atoms with Crippen LogP contribution in [0, 0.1) is 0 Å². The molecule has 0 amide bonds. The molecule has 0 saturated carbocycles. The molecule has 0 radical (unpaired) electrons. The minimum atomic E-state index is -1.44. The molecule has 0 heterocycles. The van der Waals surface area contributed by atoms with Crippen LogP contribution < -0.4 is 9.80 Å². The molecule has 0 spiro atoms. The number of anilines is 2. The van der Waals surface area contributed by atoms with Crippen LogP contribution in [0.4, 0.5) is 11.4 Å². The summed E-state index contributed by atoms with van der Waals surface area (Å²) in [6.07, 6.45) is 0. The maximum atomic E-state index is 12.9. The summed E-state index contributed by atoms with van der Waals surface area (Å²) in [7, 11) is 8.06. The maximum absolute atomic E-state index is 12.9. The highest BCUT2D eigenvalue weighted by Gasteiger charge is 2.40. The van der Waals surface area contributed by atoms with E-state index in [1.54, 1.807) is 0 Å². The van der Waals surface area contributed by atoms with Gasteiger partial charge in [-0.25, -0.2) is 0 Å². The highest BCUT2D eigenvalue weighted by atomic mass is 16.3. The lowest BCUT2D eigenvalue weighted by molar-refractivity contribution is 0.126. The first kappa shape index (κ1) is 29.2. The molecule has 0 aliphatic rings. The SMILES string of the molecule is CN(C)c1c(C(O)(c2ccccc2)c2ccccc2)ccc2ccc(C(O)(c3ccccc3)c3ccccc3)c(N(C)C)c12. The molecule has 4 nitrogen and oxygen atoms in total. The van der Waals surface area contributed by atoms with Crippen molar-refractivity contribution in [3.05, 3.63) is 179 Å². The van der Waals surface area contributed by atoms with Gasteiger partial charge < -0.3 is 20.0 Å². The Labute approximate surface area is 260 Å². The van der Waals surface area contributed by atoms with Crippen molar-refractivity contribution in [2.45, 2.75) is 11.2 Å². The van der Waals surface area contributed by atoms with Gasteiger partial charge in [0.05, 0.1) is 11.4 Å². The molecule has 0 aliphatic heterocycles. The third-order valence-corrected chi connectivity index (χ3v) is 8.57. The van der Waals surface area contributed by atoms with Crippen molar-refractivity contribution in [1.82, 2.24) is 0 Å². The van der Waals surface area contributed by atoms with Gasteiger partial charge in [0.15, 0.2) is 0 Å². The Morgan fingerprint density at radius 1 is 0.386 bits per heavy atom. The molecule has 220 valence electrons. The molecule has 44 heavy (non-hydrogen) atoms. The van der Waals surface area contributed by atoms with Crippen molar-refractivity contribution < 1.29 is 10.2 Å². The second-order valence-corrected chi connectivity index (χ2v) is 11.7. The van der Waals surface area contributed by atoms with Crippen LogP contribution in [0.3, 0.4) is 0 Å². The largest absolute Gasteiger partial charge is 0.377 e. The Kier molecular flexibility index (Phi) is 7.73. The molecular weight excluding hydrogens is 540 g/mol. The van der Waals surface area contributed by atoms with Gasteiger partial charge in [0, 0.05) is 44.7 Å². The van der Waals surface area contributed by atoms with Crippen LogP contribution in [0.5, 0.6) is 0 Å². The first-order valence-corrected chi connectivity index (χ1v) is 14.9. The lowest BCUT2D eigenvalue weighted by Gasteiger charge is -2.37. The number of hydrogen-bond donors (Lipinski definition) is 2. The minimum Gasteiger partial charge on any atom is -0.377 e. The maximum Gasteiger partial charge on any atom is 0.142 e. The first-order chi connectivity index (χ1) is 21.3. The van der Waals surface area contributed by atoms with Gasteiger partial charge in [-0.15, -0.1) is 0 Å². The fraction of sp³-hybridized carbons (Fsp3) is 0.150. The van der Waals surface area contributed by atoms with Gasteiger partial charge in [0.2, 0.25) is 0 Å². The fourth-order valence-corrected chi connectivity index (χ4v) is 6.57. The van der Waals surface area contributed by atoms with E-state index in [9.17, 15) is 10.2 Å². The van der Waals surface area contributed by atoms with Crippen molar-refractivity contribution in [2.75, 3.05) is 38.0 Å². The Balaban J connectivity index is 1.76. The molecule has 2 N–H and O–H groups in total. The standard InChI is InChI=1S/C40H38N2O2/c1-41(2)37-34(39(43,30-17-9-5-10-18-30)31-19-11-6-12-20-31)27-25-29-26-28-35(38(36(29)37)42(3)4)40(44,32-21-13-7-14-22-32)33-23-15-8-16-24-33/h5-28,43-44H,1-4H3. The molecule has 0 bridgehead atoms. The number of aliphatic hydroxyl groups is 2. The lowest BCUT2D eigenvalue weighted by atomic mass is 9.76. The average Bonchev–Trinajstić information content (AvgIpc) is 3.07. The van der Waals surface area contributed by atoms with E-state index in [2.05, 4.69) is 21.9 Å². The number of rotatable bonds is 8. The lowest BCUT2D eigenvalue weighted by Crippen LogP contribution is -2.33. The van der Waals surface area contributed by atoms with Gasteiger partial charge in [0.1, 0.15) is 11.2 Å². The second-order valence-electron chi connectivity index (χ2n) is 11.7. The molecule has 0 aliphatic carbocycles. The summed E-state index contributed by atoms with van der Waals surface area (Å²) in [4.78, 5) is 4.16. The van der Waals surface area contributed by atoms with Gasteiger partial charge in [-0.2, -0.15) is 0 Å². The van der Waals surface area contributed by atoms with Crippen LogP contribution in [0.15, 0.2) is 146 Å². The van der Waals surface area contributed by atoms with Crippen molar-refractivity contribution in [3.63, 3.8) is 0 Å². The van der Waals surface area contributed by atoms with Crippen LogP contribution in [0.25, 0.3) is 10.8 Å². The zero-order chi connectivity index (χ0) is 30.9. The third-order valence-electron chi connectivity index (χ3n) is 8.57. The summed E-state index contributed by atoms with van der Waals surface area (Å²) in [6, 6.07) is 47.6. The van der Waals surface area contributed by atoms with Gasteiger partial charge in [-0.1, -0.05) is 146 Å². The molecule has 4 heteroatoms. The van der Waals surface area contributed by atoms with E-state index in [0.29, 0.717) is 0 Å². The normalized spacial score (nSPS) is 11.9. The zero-order valence-corrected chi connectivity index (χ0v) is 25.6. The Morgan fingerprint density at radius 2 is 0.659 bits per heavy atom. The van der Waals surface area contributed by atoms with Crippen molar-refractivity contribution in [1.29, 1.82) is 0 Å². The summed E-state index contributed by atoms with van der Waals surface area (Å²) >= 11 is 0. The smallest absolute Gasteiger partial charge is 0.142 e. The number of benzene rings is 6. The number of hydrogen-bond acceptors (Lipinski definition) is 4. The summed E-state index contributed by atoms with van der Waals surface area (Å²) in [5.41, 5.74) is 3.52. The van der Waals surface area contributed by atoms with Gasteiger partial charge in [0.25, 0.3) is 0 Å². The fourth-order valence-electron chi connectivity index (χ4n) is 6.57. The number of nitrogens with zero attached hydrogens (tertiary/aromatic N) is 2. The molecule has 0 fully saturated rings. The summed E-state index contributed by atoms with van der Waals surface area (Å²) in [6.45, 7) is 0. The van der Waals surface area contributed by atoms with Crippen molar-refractivity contribution in [2.24, 2.45) is 0 Å². The minimum absolute atomic E-state index is 0.760. The van der Waals surface area contributed by atoms with Crippen molar-refractivity contribution in [3.8, 4) is 0 Å². The third kappa shape index (κ3) is 4.73. The zero-order valence-electron chi connectivity index (χ0n) is 25.6. The quantitative estimate of drug-likeness (QED) is 0.183.